The molecule has 0 radical (unpaired) electrons. The molecule has 92 valence electrons. The van der Waals surface area contributed by atoms with Crippen LogP contribution in [0.15, 0.2) is 46.9 Å². The number of benzene rings is 2. The first-order chi connectivity index (χ1) is 8.74. The van der Waals surface area contributed by atoms with Gasteiger partial charge in [0.05, 0.1) is 11.7 Å². The third-order valence-electron chi connectivity index (χ3n) is 3.24. The van der Waals surface area contributed by atoms with E-state index < -0.39 is 0 Å². The smallest absolute Gasteiger partial charge is 0.142 e. The third kappa shape index (κ3) is 2.10. The highest BCUT2D eigenvalue weighted by Gasteiger charge is 2.21. The zero-order valence-electron chi connectivity index (χ0n) is 10.1. The van der Waals surface area contributed by atoms with E-state index in [-0.39, 0.29) is 6.04 Å². The van der Waals surface area contributed by atoms with Crippen molar-refractivity contribution in [3.05, 3.63) is 58.1 Å². The molecule has 0 saturated carbocycles. The van der Waals surface area contributed by atoms with Crippen molar-refractivity contribution in [3.8, 4) is 5.75 Å². The predicted molar refractivity (Wildman–Crippen MR) is 77.2 cm³/mol. The fourth-order valence-electron chi connectivity index (χ4n) is 2.29. The average molecular weight is 304 g/mol. The largest absolute Gasteiger partial charge is 0.489 e. The van der Waals surface area contributed by atoms with Crippen molar-refractivity contribution in [3.63, 3.8) is 0 Å². The van der Waals surface area contributed by atoms with Crippen LogP contribution in [0, 0.1) is 6.92 Å². The number of hydrogen-bond donors (Lipinski definition) is 1. The van der Waals surface area contributed by atoms with E-state index in [1.54, 1.807) is 0 Å². The standard InChI is InChI=1S/C15H14BrNO/c1-10-4-2-3-5-12(10)14-9-18-15-7-6-11(16)8-13(15)17-14/h2-8,14,17H,9H2,1H3. The lowest BCUT2D eigenvalue weighted by molar-refractivity contribution is 0.286. The molecule has 1 unspecified atom stereocenters. The number of halogens is 1. The lowest BCUT2D eigenvalue weighted by Crippen LogP contribution is -2.24. The van der Waals surface area contributed by atoms with Gasteiger partial charge in [0.1, 0.15) is 12.4 Å². The van der Waals surface area contributed by atoms with Gasteiger partial charge in [-0.05, 0) is 36.2 Å². The van der Waals surface area contributed by atoms with Gasteiger partial charge in [-0.3, -0.25) is 0 Å². The molecule has 0 spiro atoms. The summed E-state index contributed by atoms with van der Waals surface area (Å²) in [5, 5.41) is 3.54. The molecule has 1 atom stereocenters. The van der Waals surface area contributed by atoms with Crippen molar-refractivity contribution in [2.45, 2.75) is 13.0 Å². The monoisotopic (exact) mass is 303 g/mol. The maximum absolute atomic E-state index is 5.82. The predicted octanol–water partition coefficient (Wildman–Crippen LogP) is 4.30. The summed E-state index contributed by atoms with van der Waals surface area (Å²) in [4.78, 5) is 0. The van der Waals surface area contributed by atoms with Crippen molar-refractivity contribution in [2.24, 2.45) is 0 Å². The normalized spacial score (nSPS) is 17.6. The first-order valence-electron chi connectivity index (χ1n) is 5.98. The van der Waals surface area contributed by atoms with Gasteiger partial charge in [0.25, 0.3) is 0 Å². The second kappa shape index (κ2) is 4.65. The number of anilines is 1. The average Bonchev–Trinajstić information content (AvgIpc) is 2.38. The minimum atomic E-state index is 0.216. The lowest BCUT2D eigenvalue weighted by atomic mass is 10.0. The molecular weight excluding hydrogens is 290 g/mol. The van der Waals surface area contributed by atoms with Crippen molar-refractivity contribution < 1.29 is 4.74 Å². The second-order valence-corrected chi connectivity index (χ2v) is 5.42. The van der Waals surface area contributed by atoms with Crippen LogP contribution >= 0.6 is 15.9 Å². The Labute approximate surface area is 115 Å². The van der Waals surface area contributed by atoms with E-state index in [1.165, 1.54) is 11.1 Å². The summed E-state index contributed by atoms with van der Waals surface area (Å²) < 4.78 is 6.88. The summed E-state index contributed by atoms with van der Waals surface area (Å²) >= 11 is 3.49. The van der Waals surface area contributed by atoms with Gasteiger partial charge in [0, 0.05) is 4.47 Å². The molecule has 1 aliphatic rings. The van der Waals surface area contributed by atoms with Crippen LogP contribution in [-0.2, 0) is 0 Å². The molecule has 2 aromatic carbocycles. The van der Waals surface area contributed by atoms with Crippen LogP contribution < -0.4 is 10.1 Å². The van der Waals surface area contributed by atoms with Gasteiger partial charge in [-0.1, -0.05) is 40.2 Å². The fourth-order valence-corrected chi connectivity index (χ4v) is 2.65. The van der Waals surface area contributed by atoms with Crippen LogP contribution in [0.2, 0.25) is 0 Å². The Hall–Kier alpha value is -1.48. The van der Waals surface area contributed by atoms with E-state index >= 15 is 0 Å². The van der Waals surface area contributed by atoms with Gasteiger partial charge in [0.2, 0.25) is 0 Å². The van der Waals surface area contributed by atoms with Gasteiger partial charge >= 0.3 is 0 Å². The van der Waals surface area contributed by atoms with Gasteiger partial charge < -0.3 is 10.1 Å². The molecule has 0 saturated heterocycles. The molecule has 0 amide bonds. The molecule has 2 aromatic rings. The third-order valence-corrected chi connectivity index (χ3v) is 3.73. The molecule has 0 aromatic heterocycles. The molecule has 1 heterocycles. The summed E-state index contributed by atoms with van der Waals surface area (Å²) in [5.41, 5.74) is 3.63. The molecule has 3 rings (SSSR count). The summed E-state index contributed by atoms with van der Waals surface area (Å²) in [7, 11) is 0. The van der Waals surface area contributed by atoms with E-state index in [0.717, 1.165) is 15.9 Å². The highest BCUT2D eigenvalue weighted by Crippen LogP contribution is 2.36. The van der Waals surface area contributed by atoms with E-state index in [1.807, 2.05) is 12.1 Å². The van der Waals surface area contributed by atoms with Crippen molar-refractivity contribution in [2.75, 3.05) is 11.9 Å². The molecule has 1 N–H and O–H groups in total. The van der Waals surface area contributed by atoms with Crippen LogP contribution in [0.1, 0.15) is 17.2 Å². The Kier molecular flexibility index (Phi) is 3.00. The van der Waals surface area contributed by atoms with E-state index in [0.29, 0.717) is 6.61 Å². The topological polar surface area (TPSA) is 21.3 Å². The minimum absolute atomic E-state index is 0.216. The van der Waals surface area contributed by atoms with Gasteiger partial charge in [-0.15, -0.1) is 0 Å². The van der Waals surface area contributed by atoms with Crippen LogP contribution in [0.25, 0.3) is 0 Å². The second-order valence-electron chi connectivity index (χ2n) is 4.50. The van der Waals surface area contributed by atoms with Crippen LogP contribution in [0.5, 0.6) is 5.75 Å². The molecular formula is C15H14BrNO. The SMILES string of the molecule is Cc1ccccc1C1COc2ccc(Br)cc2N1. The van der Waals surface area contributed by atoms with Gasteiger partial charge in [-0.25, -0.2) is 0 Å². The number of hydrogen-bond acceptors (Lipinski definition) is 2. The molecule has 2 nitrogen and oxygen atoms in total. The first kappa shape index (κ1) is 11.6. The Morgan fingerprint density at radius 1 is 1.22 bits per heavy atom. The van der Waals surface area contributed by atoms with E-state index in [9.17, 15) is 0 Å². The first-order valence-corrected chi connectivity index (χ1v) is 6.78. The van der Waals surface area contributed by atoms with Crippen LogP contribution in [0.4, 0.5) is 5.69 Å². The van der Waals surface area contributed by atoms with Crippen molar-refractivity contribution >= 4 is 21.6 Å². The molecule has 18 heavy (non-hydrogen) atoms. The Bertz CT molecular complexity index is 582. The van der Waals surface area contributed by atoms with Gasteiger partial charge in [0.15, 0.2) is 0 Å². The lowest BCUT2D eigenvalue weighted by Gasteiger charge is -2.28. The number of ether oxygens (including phenoxy) is 1. The van der Waals surface area contributed by atoms with Crippen LogP contribution in [0.3, 0.4) is 0 Å². The summed E-state index contributed by atoms with van der Waals surface area (Å²) in [6.45, 7) is 2.80. The highest BCUT2D eigenvalue weighted by atomic mass is 79.9. The molecule has 0 bridgehead atoms. The summed E-state index contributed by atoms with van der Waals surface area (Å²) in [6, 6.07) is 14.7. The van der Waals surface area contributed by atoms with Crippen LogP contribution in [-0.4, -0.2) is 6.61 Å². The van der Waals surface area contributed by atoms with E-state index in [2.05, 4.69) is 58.5 Å². The quantitative estimate of drug-likeness (QED) is 0.848. The zero-order valence-corrected chi connectivity index (χ0v) is 11.7. The summed E-state index contributed by atoms with van der Waals surface area (Å²) in [5.74, 6) is 0.919. The maximum atomic E-state index is 5.82. The zero-order chi connectivity index (χ0) is 12.5. The Morgan fingerprint density at radius 3 is 2.89 bits per heavy atom. The molecule has 1 aliphatic heterocycles. The Balaban J connectivity index is 1.93. The number of rotatable bonds is 1. The number of fused-ring (bicyclic) bond motifs is 1. The fraction of sp³-hybridized carbons (Fsp3) is 0.200. The molecule has 0 aliphatic carbocycles. The van der Waals surface area contributed by atoms with Crippen molar-refractivity contribution in [1.82, 2.24) is 0 Å². The van der Waals surface area contributed by atoms with Gasteiger partial charge in [-0.2, -0.15) is 0 Å². The van der Waals surface area contributed by atoms with Crippen molar-refractivity contribution in [1.29, 1.82) is 0 Å². The maximum Gasteiger partial charge on any atom is 0.142 e. The summed E-state index contributed by atoms with van der Waals surface area (Å²) in [6.07, 6.45) is 0. The minimum Gasteiger partial charge on any atom is -0.489 e. The molecule has 0 fully saturated rings. The number of aryl methyl sites for hydroxylation is 1. The Morgan fingerprint density at radius 2 is 2.06 bits per heavy atom. The van der Waals surface area contributed by atoms with E-state index in [4.69, 9.17) is 4.74 Å². The number of nitrogens with one attached hydrogen (secondary N) is 1. The highest BCUT2D eigenvalue weighted by molar-refractivity contribution is 9.10. The molecule has 3 heteroatoms.